The first-order chi connectivity index (χ1) is 0. The fourth-order valence-corrected chi connectivity index (χ4v) is 0. The molecule has 0 bridgehead atoms. The molecule has 0 unspecified atom stereocenters. The Balaban J connectivity index is 0. The maximum absolute atomic E-state index is 0. The summed E-state index contributed by atoms with van der Waals surface area (Å²) in [5, 5.41) is 0. The first-order valence-corrected chi connectivity index (χ1v) is 0. The first-order valence-electron chi connectivity index (χ1n) is 0. The van der Waals surface area contributed by atoms with Gasteiger partial charge < -0.3 is 0 Å². The second-order valence-corrected chi connectivity index (χ2v) is 0. The molecule has 0 aromatic rings. The predicted molar refractivity (Wildman–Crippen MR) is 21.4 cm³/mol. The normalized spacial score (nSPS) is 0. The van der Waals surface area contributed by atoms with Gasteiger partial charge in [0.05, 0.1) is 0 Å². The van der Waals surface area contributed by atoms with Crippen LogP contribution in [0.4, 0.5) is 4.70 Å². The Morgan fingerprint density at radius 2 is 1.00 bits per heavy atom. The molecule has 0 aliphatic rings. The van der Waals surface area contributed by atoms with Gasteiger partial charge in [0.15, 0.2) is 0 Å². The van der Waals surface area contributed by atoms with E-state index in [-0.39, 0.29) is 83.2 Å². The van der Waals surface area contributed by atoms with Gasteiger partial charge in [-0.1, -0.05) is 0 Å². The molecule has 0 rings (SSSR count). The Kier molecular flexibility index (Phi) is 143. The molecule has 4 heavy (non-hydrogen) atoms. The quantitative estimate of drug-likeness (QED) is 0.464. The van der Waals surface area contributed by atoms with Crippen LogP contribution in [0.3, 0.4) is 0 Å². The van der Waals surface area contributed by atoms with E-state index in [1.165, 1.54) is 0 Å². The minimum absolute atomic E-state index is 0. The van der Waals surface area contributed by atoms with Crippen LogP contribution in [0.2, 0.25) is 0 Å². The van der Waals surface area contributed by atoms with Crippen molar-refractivity contribution in [3.63, 3.8) is 0 Å². The molecule has 4 heteroatoms. The molecule has 0 fully saturated rings. The fourth-order valence-electron chi connectivity index (χ4n) is 0. The van der Waals surface area contributed by atoms with Crippen LogP contribution in [0, 0.1) is 0 Å². The van der Waals surface area contributed by atoms with Gasteiger partial charge in [-0.2, -0.15) is 13.5 Å². The van der Waals surface area contributed by atoms with Crippen molar-refractivity contribution in [1.82, 2.24) is 0 Å². The van der Waals surface area contributed by atoms with E-state index >= 15 is 0 Å². The van der Waals surface area contributed by atoms with Crippen molar-refractivity contribution in [1.29, 1.82) is 0 Å². The maximum atomic E-state index is 0. The molecular weight excluding hydrogens is 204 g/mol. The molecule has 0 aliphatic carbocycles. The summed E-state index contributed by atoms with van der Waals surface area (Å²) in [7, 11) is 0. The first kappa shape index (κ1) is 31.8. The summed E-state index contributed by atoms with van der Waals surface area (Å²) in [5.74, 6) is 0. The van der Waals surface area contributed by atoms with Gasteiger partial charge in [-0.15, -0.1) is 0 Å². The summed E-state index contributed by atoms with van der Waals surface area (Å²) in [5.41, 5.74) is 0. The van der Waals surface area contributed by atoms with Crippen LogP contribution in [0.25, 0.3) is 0 Å². The third kappa shape index (κ3) is 8.82. The van der Waals surface area contributed by atoms with Crippen LogP contribution >= 0.6 is 13.5 Å². The second kappa shape index (κ2) is 17.9. The molecular formula is H5CaCdFS. The minimum atomic E-state index is 0. The number of rotatable bonds is 0. The van der Waals surface area contributed by atoms with Gasteiger partial charge in [-0.25, -0.2) is 0 Å². The standard InChI is InChI=1S/Ca.Cd.FH.H2S.2H/h;;1H;1H2;;. The van der Waals surface area contributed by atoms with Crippen molar-refractivity contribution < 1.29 is 32.0 Å². The zero-order valence-corrected chi connectivity index (χ0v) is 6.65. The van der Waals surface area contributed by atoms with E-state index < -0.39 is 0 Å². The van der Waals surface area contributed by atoms with Crippen molar-refractivity contribution in [3.8, 4) is 0 Å². The van der Waals surface area contributed by atoms with Crippen molar-refractivity contribution >= 4 is 51.2 Å². The van der Waals surface area contributed by atoms with Gasteiger partial charge in [0, 0.05) is 27.3 Å². The van der Waals surface area contributed by atoms with Crippen molar-refractivity contribution in [2.45, 2.75) is 0 Å². The number of hydrogen-bond acceptors (Lipinski definition) is 0. The topological polar surface area (TPSA) is 0 Å². The Morgan fingerprint density at radius 1 is 1.00 bits per heavy atom. The number of halogens is 1. The van der Waals surface area contributed by atoms with E-state index in [1.54, 1.807) is 0 Å². The van der Waals surface area contributed by atoms with Gasteiger partial charge in [0.1, 0.15) is 0 Å². The van der Waals surface area contributed by atoms with Crippen LogP contribution in [-0.4, -0.2) is 37.7 Å². The third-order valence-corrected chi connectivity index (χ3v) is 0. The Labute approximate surface area is 81.7 Å². The summed E-state index contributed by atoms with van der Waals surface area (Å²) < 4.78 is 0. The second-order valence-electron chi connectivity index (χ2n) is 0. The largest absolute Gasteiger partial charge is 0 e. The Hall–Kier alpha value is 2.46. The van der Waals surface area contributed by atoms with Gasteiger partial charge in [-0.3, -0.25) is 4.70 Å². The van der Waals surface area contributed by atoms with E-state index in [9.17, 15) is 0 Å². The van der Waals surface area contributed by atoms with E-state index in [1.807, 2.05) is 0 Å². The van der Waals surface area contributed by atoms with Crippen molar-refractivity contribution in [3.05, 3.63) is 0 Å². The molecule has 0 aliphatic heterocycles. The van der Waals surface area contributed by atoms with Crippen LogP contribution in [-0.2, 0) is 27.3 Å². The monoisotopic (exact) mass is 210 g/mol. The average molecular weight is 209 g/mol. The molecule has 0 spiro atoms. The third-order valence-electron chi connectivity index (χ3n) is 0. The summed E-state index contributed by atoms with van der Waals surface area (Å²) in [4.78, 5) is 0. The minimum Gasteiger partial charge on any atom is 0 e. The van der Waals surface area contributed by atoms with Crippen LogP contribution in [0.15, 0.2) is 0 Å². The maximum Gasteiger partial charge on any atom is 0 e. The molecule has 0 heterocycles. The van der Waals surface area contributed by atoms with E-state index in [0.29, 0.717) is 0 Å². The Morgan fingerprint density at radius 3 is 1.00 bits per heavy atom. The Bertz CT molecular complexity index is 8.00. The van der Waals surface area contributed by atoms with E-state index in [4.69, 9.17) is 0 Å². The zero-order valence-electron chi connectivity index (χ0n) is 1.62. The van der Waals surface area contributed by atoms with Crippen LogP contribution in [0.1, 0.15) is 0 Å². The van der Waals surface area contributed by atoms with E-state index in [2.05, 4.69) is 0 Å². The molecule has 0 aromatic heterocycles. The summed E-state index contributed by atoms with van der Waals surface area (Å²) in [6.45, 7) is 0. The molecule has 0 nitrogen and oxygen atoms in total. The van der Waals surface area contributed by atoms with Crippen molar-refractivity contribution in [2.24, 2.45) is 0 Å². The van der Waals surface area contributed by atoms with Crippen molar-refractivity contribution in [2.75, 3.05) is 0 Å². The molecule has 0 atom stereocenters. The molecule has 0 radical (unpaired) electrons. The van der Waals surface area contributed by atoms with E-state index in [0.717, 1.165) is 0 Å². The molecule has 22 valence electrons. The molecule has 0 amide bonds. The molecule has 0 saturated carbocycles. The summed E-state index contributed by atoms with van der Waals surface area (Å²) >= 11 is 0. The molecule has 0 N–H and O–H groups in total. The van der Waals surface area contributed by atoms with Crippen LogP contribution in [0.5, 0.6) is 0 Å². The zero-order chi connectivity index (χ0) is 0. The summed E-state index contributed by atoms with van der Waals surface area (Å²) in [6.07, 6.45) is 0. The van der Waals surface area contributed by atoms with Gasteiger partial charge in [0.2, 0.25) is 0 Å². The smallest absolute Gasteiger partial charge is 0 e. The van der Waals surface area contributed by atoms with Gasteiger partial charge in [0.25, 0.3) is 0 Å². The van der Waals surface area contributed by atoms with Gasteiger partial charge >= 0.3 is 37.7 Å². The van der Waals surface area contributed by atoms with Gasteiger partial charge in [-0.05, 0) is 0 Å². The predicted octanol–water partition coefficient (Wildman–Crippen LogP) is -0.653. The molecule has 0 saturated heterocycles. The molecule has 0 aromatic carbocycles. The number of hydrogen-bond donors (Lipinski definition) is 0. The van der Waals surface area contributed by atoms with Crippen LogP contribution < -0.4 is 0 Å². The average Bonchev–Trinajstić information content (AvgIpc) is 0. The fraction of sp³-hybridized carbons (Fsp3) is 0. The summed E-state index contributed by atoms with van der Waals surface area (Å²) in [6, 6.07) is 0. The SMILES string of the molecule is F.S.[CaH2].[Cd].